The minimum Gasteiger partial charge on any atom is -0.392 e. The molecular weight excluding hydrogens is 198 g/mol. The lowest BCUT2D eigenvalue weighted by atomic mass is 10.0. The van der Waals surface area contributed by atoms with Crippen LogP contribution in [0.15, 0.2) is 30.3 Å². The fraction of sp³-hybridized carbons (Fsp3) is 0.571. The normalized spacial score (nSPS) is 14.7. The van der Waals surface area contributed by atoms with E-state index in [1.54, 1.807) is 0 Å². The third-order valence-corrected chi connectivity index (χ3v) is 2.70. The van der Waals surface area contributed by atoms with Crippen LogP contribution in [0.1, 0.15) is 25.8 Å². The number of hydrogen-bond acceptors (Lipinski definition) is 2. The van der Waals surface area contributed by atoms with Crippen LogP contribution in [0.4, 0.5) is 0 Å². The minimum absolute atomic E-state index is 0.249. The van der Waals surface area contributed by atoms with Crippen LogP contribution in [-0.2, 0) is 6.42 Å². The molecule has 0 spiro atoms. The fourth-order valence-corrected chi connectivity index (χ4v) is 1.70. The van der Waals surface area contributed by atoms with Crippen LogP contribution in [0.2, 0.25) is 0 Å². The smallest absolute Gasteiger partial charge is 0.0636 e. The summed E-state index contributed by atoms with van der Waals surface area (Å²) < 4.78 is 0. The van der Waals surface area contributed by atoms with Gasteiger partial charge in [0.25, 0.3) is 0 Å². The van der Waals surface area contributed by atoms with Crippen molar-refractivity contribution in [3.05, 3.63) is 35.9 Å². The average Bonchev–Trinajstić information content (AvgIpc) is 2.27. The Kier molecular flexibility index (Phi) is 6.12. The molecule has 0 saturated heterocycles. The molecule has 1 aromatic rings. The van der Waals surface area contributed by atoms with Crippen molar-refractivity contribution in [2.75, 3.05) is 13.1 Å². The SMILES string of the molecule is CC(O)CNCC(C)CCc1ccccc1. The van der Waals surface area contributed by atoms with Crippen molar-refractivity contribution in [3.63, 3.8) is 0 Å². The van der Waals surface area contributed by atoms with Crippen LogP contribution in [-0.4, -0.2) is 24.3 Å². The van der Waals surface area contributed by atoms with Crippen molar-refractivity contribution in [1.82, 2.24) is 5.32 Å². The zero-order chi connectivity index (χ0) is 11.8. The first-order valence-corrected chi connectivity index (χ1v) is 6.11. The summed E-state index contributed by atoms with van der Waals surface area (Å²) in [5.74, 6) is 0.652. The quantitative estimate of drug-likeness (QED) is 0.740. The first-order valence-electron chi connectivity index (χ1n) is 6.11. The highest BCUT2D eigenvalue weighted by Gasteiger charge is 2.03. The maximum Gasteiger partial charge on any atom is 0.0636 e. The number of aryl methyl sites for hydroxylation is 1. The minimum atomic E-state index is -0.249. The van der Waals surface area contributed by atoms with Crippen LogP contribution in [0.5, 0.6) is 0 Å². The number of aliphatic hydroxyl groups is 1. The van der Waals surface area contributed by atoms with Crippen LogP contribution in [0.25, 0.3) is 0 Å². The van der Waals surface area contributed by atoms with E-state index in [4.69, 9.17) is 5.11 Å². The third kappa shape index (κ3) is 5.89. The predicted molar refractivity (Wildman–Crippen MR) is 68.5 cm³/mol. The van der Waals surface area contributed by atoms with Crippen molar-refractivity contribution in [2.24, 2.45) is 5.92 Å². The van der Waals surface area contributed by atoms with Gasteiger partial charge in [0.15, 0.2) is 0 Å². The fourth-order valence-electron chi connectivity index (χ4n) is 1.70. The maximum atomic E-state index is 9.11. The van der Waals surface area contributed by atoms with Crippen LogP contribution >= 0.6 is 0 Å². The molecule has 0 aliphatic rings. The van der Waals surface area contributed by atoms with Gasteiger partial charge in [0.2, 0.25) is 0 Å². The highest BCUT2D eigenvalue weighted by Crippen LogP contribution is 2.08. The Balaban J connectivity index is 2.13. The zero-order valence-corrected chi connectivity index (χ0v) is 10.3. The second-order valence-corrected chi connectivity index (χ2v) is 4.64. The predicted octanol–water partition coefficient (Wildman–Crippen LogP) is 2.23. The van der Waals surface area contributed by atoms with Gasteiger partial charge in [0.1, 0.15) is 0 Å². The molecule has 2 atom stereocenters. The van der Waals surface area contributed by atoms with Gasteiger partial charge in [0, 0.05) is 6.54 Å². The average molecular weight is 221 g/mol. The van der Waals surface area contributed by atoms with Gasteiger partial charge in [-0.15, -0.1) is 0 Å². The Morgan fingerprint density at radius 3 is 2.44 bits per heavy atom. The standard InChI is InChI=1S/C14H23NO/c1-12(10-15-11-13(2)16)8-9-14-6-4-3-5-7-14/h3-7,12-13,15-16H,8-11H2,1-2H3. The first-order chi connectivity index (χ1) is 7.68. The Morgan fingerprint density at radius 1 is 1.12 bits per heavy atom. The molecule has 0 aliphatic carbocycles. The molecular formula is C14H23NO. The second kappa shape index (κ2) is 7.42. The molecule has 1 aromatic carbocycles. The number of rotatable bonds is 7. The van der Waals surface area contributed by atoms with E-state index < -0.39 is 0 Å². The summed E-state index contributed by atoms with van der Waals surface area (Å²) >= 11 is 0. The van der Waals surface area contributed by atoms with Crippen LogP contribution in [0, 0.1) is 5.92 Å². The second-order valence-electron chi connectivity index (χ2n) is 4.64. The van der Waals surface area contributed by atoms with Gasteiger partial charge >= 0.3 is 0 Å². The lowest BCUT2D eigenvalue weighted by molar-refractivity contribution is 0.189. The van der Waals surface area contributed by atoms with E-state index in [2.05, 4.69) is 42.6 Å². The van der Waals surface area contributed by atoms with E-state index in [0.717, 1.165) is 13.0 Å². The molecule has 0 aromatic heterocycles. The molecule has 0 fully saturated rings. The molecule has 0 bridgehead atoms. The summed E-state index contributed by atoms with van der Waals surface area (Å²) in [4.78, 5) is 0. The summed E-state index contributed by atoms with van der Waals surface area (Å²) in [5, 5.41) is 12.4. The topological polar surface area (TPSA) is 32.3 Å². The number of nitrogens with one attached hydrogen (secondary N) is 1. The largest absolute Gasteiger partial charge is 0.392 e. The van der Waals surface area contributed by atoms with Crippen LogP contribution < -0.4 is 5.32 Å². The van der Waals surface area contributed by atoms with Gasteiger partial charge in [-0.2, -0.15) is 0 Å². The molecule has 0 amide bonds. The van der Waals surface area contributed by atoms with E-state index >= 15 is 0 Å². The molecule has 2 unspecified atom stereocenters. The summed E-state index contributed by atoms with van der Waals surface area (Å²) in [5.41, 5.74) is 1.41. The third-order valence-electron chi connectivity index (χ3n) is 2.70. The lowest BCUT2D eigenvalue weighted by Gasteiger charge is -2.13. The molecule has 16 heavy (non-hydrogen) atoms. The molecule has 0 radical (unpaired) electrons. The van der Waals surface area contributed by atoms with Crippen molar-refractivity contribution in [3.8, 4) is 0 Å². The lowest BCUT2D eigenvalue weighted by Crippen LogP contribution is -2.28. The van der Waals surface area contributed by atoms with E-state index in [1.165, 1.54) is 12.0 Å². The maximum absolute atomic E-state index is 9.11. The molecule has 1 rings (SSSR count). The van der Waals surface area contributed by atoms with Gasteiger partial charge in [-0.25, -0.2) is 0 Å². The molecule has 0 aliphatic heterocycles. The van der Waals surface area contributed by atoms with E-state index in [-0.39, 0.29) is 6.10 Å². The number of aliphatic hydroxyl groups excluding tert-OH is 1. The Bertz CT molecular complexity index is 271. The number of hydrogen-bond donors (Lipinski definition) is 2. The summed E-state index contributed by atoms with van der Waals surface area (Å²) in [6.45, 7) is 5.73. The van der Waals surface area contributed by atoms with Gasteiger partial charge in [-0.3, -0.25) is 0 Å². The van der Waals surface area contributed by atoms with Crippen molar-refractivity contribution in [1.29, 1.82) is 0 Å². The highest BCUT2D eigenvalue weighted by atomic mass is 16.3. The number of benzene rings is 1. The Hall–Kier alpha value is -0.860. The van der Waals surface area contributed by atoms with Gasteiger partial charge in [0.05, 0.1) is 6.10 Å². The monoisotopic (exact) mass is 221 g/mol. The summed E-state index contributed by atoms with van der Waals surface area (Å²) in [6, 6.07) is 10.6. The van der Waals surface area contributed by atoms with Crippen molar-refractivity contribution < 1.29 is 5.11 Å². The van der Waals surface area contributed by atoms with Crippen LogP contribution in [0.3, 0.4) is 0 Å². The van der Waals surface area contributed by atoms with E-state index in [0.29, 0.717) is 12.5 Å². The molecule has 2 heteroatoms. The molecule has 0 heterocycles. The van der Waals surface area contributed by atoms with E-state index in [9.17, 15) is 0 Å². The van der Waals surface area contributed by atoms with Crippen molar-refractivity contribution >= 4 is 0 Å². The van der Waals surface area contributed by atoms with Crippen molar-refractivity contribution in [2.45, 2.75) is 32.8 Å². The molecule has 0 saturated carbocycles. The Morgan fingerprint density at radius 2 is 1.81 bits per heavy atom. The van der Waals surface area contributed by atoms with Gasteiger partial charge < -0.3 is 10.4 Å². The van der Waals surface area contributed by atoms with Gasteiger partial charge in [-0.05, 0) is 37.8 Å². The zero-order valence-electron chi connectivity index (χ0n) is 10.3. The molecule has 2 N–H and O–H groups in total. The van der Waals surface area contributed by atoms with E-state index in [1.807, 2.05) is 6.92 Å². The highest BCUT2D eigenvalue weighted by molar-refractivity contribution is 5.14. The first kappa shape index (κ1) is 13.2. The summed E-state index contributed by atoms with van der Waals surface area (Å²) in [6.07, 6.45) is 2.08. The molecule has 90 valence electrons. The Labute approximate surface area is 98.7 Å². The molecule has 2 nitrogen and oxygen atoms in total. The summed E-state index contributed by atoms with van der Waals surface area (Å²) in [7, 11) is 0. The van der Waals surface area contributed by atoms with Gasteiger partial charge in [-0.1, -0.05) is 37.3 Å².